The third-order valence-electron chi connectivity index (χ3n) is 4.73. The van der Waals surface area contributed by atoms with Gasteiger partial charge in [-0.1, -0.05) is 31.5 Å². The molecule has 0 saturated heterocycles. The highest BCUT2D eigenvalue weighted by atomic mass is 16.6. The molecule has 2 atom stereocenters. The van der Waals surface area contributed by atoms with Gasteiger partial charge in [-0.2, -0.15) is 0 Å². The number of anilines is 1. The standard InChI is InChI=1S/C20H27N3O6/c1-6-11-20(16(12-22(27)28)21-13(2)24)14-9-7-8-10-15(14)23(17(20)25)18(26)29-19(3,4)5/h7-10,16H,6,11-12H2,1-5H3,(H,21,24)/t16-,20-/m1/s1. The second-order valence-electron chi connectivity index (χ2n) is 8.13. The van der Waals surface area contributed by atoms with Gasteiger partial charge in [0.15, 0.2) is 0 Å². The lowest BCUT2D eigenvalue weighted by atomic mass is 9.71. The molecule has 1 aliphatic heterocycles. The van der Waals surface area contributed by atoms with Crippen LogP contribution < -0.4 is 10.2 Å². The molecule has 0 unspecified atom stereocenters. The van der Waals surface area contributed by atoms with Crippen LogP contribution in [0.25, 0.3) is 0 Å². The SMILES string of the molecule is CCC[C@@]1([C@@H](C[N+](=O)[O-])NC(C)=O)C(=O)N(C(=O)OC(C)(C)C)c2ccccc21. The number of benzene rings is 1. The summed E-state index contributed by atoms with van der Waals surface area (Å²) < 4.78 is 5.41. The van der Waals surface area contributed by atoms with E-state index in [-0.39, 0.29) is 6.42 Å². The summed E-state index contributed by atoms with van der Waals surface area (Å²) in [4.78, 5) is 50.0. The Labute approximate surface area is 169 Å². The summed E-state index contributed by atoms with van der Waals surface area (Å²) in [6, 6.07) is 5.53. The predicted molar refractivity (Wildman–Crippen MR) is 106 cm³/mol. The van der Waals surface area contributed by atoms with Gasteiger partial charge in [0, 0.05) is 11.8 Å². The van der Waals surface area contributed by atoms with Crippen LogP contribution in [-0.2, 0) is 19.7 Å². The van der Waals surface area contributed by atoms with Crippen LogP contribution >= 0.6 is 0 Å². The maximum absolute atomic E-state index is 13.7. The Morgan fingerprint density at radius 2 is 1.93 bits per heavy atom. The average Bonchev–Trinajstić information content (AvgIpc) is 2.82. The van der Waals surface area contributed by atoms with E-state index in [1.54, 1.807) is 45.0 Å². The molecular formula is C20H27N3O6. The van der Waals surface area contributed by atoms with Gasteiger partial charge in [-0.15, -0.1) is 0 Å². The number of hydrogen-bond acceptors (Lipinski definition) is 6. The van der Waals surface area contributed by atoms with E-state index < -0.39 is 46.4 Å². The zero-order chi connectivity index (χ0) is 22.0. The first kappa shape index (κ1) is 22.3. The van der Waals surface area contributed by atoms with E-state index in [0.29, 0.717) is 17.7 Å². The number of rotatable bonds is 6. The molecule has 1 aliphatic rings. The molecule has 1 N–H and O–H groups in total. The van der Waals surface area contributed by atoms with Gasteiger partial charge in [-0.25, -0.2) is 9.69 Å². The zero-order valence-electron chi connectivity index (χ0n) is 17.4. The minimum Gasteiger partial charge on any atom is -0.443 e. The van der Waals surface area contributed by atoms with Crippen molar-refractivity contribution in [3.05, 3.63) is 39.9 Å². The first-order chi connectivity index (χ1) is 13.4. The Bertz CT molecular complexity index is 816. The quantitative estimate of drug-likeness (QED) is 0.574. The van der Waals surface area contributed by atoms with Crippen molar-refractivity contribution < 1.29 is 24.0 Å². The molecule has 0 saturated carbocycles. The summed E-state index contributed by atoms with van der Waals surface area (Å²) in [6.45, 7) is 7.48. The number of nitrogens with one attached hydrogen (secondary N) is 1. The van der Waals surface area contributed by atoms with E-state index in [0.717, 1.165) is 4.90 Å². The second kappa shape index (κ2) is 8.18. The maximum Gasteiger partial charge on any atom is 0.421 e. The summed E-state index contributed by atoms with van der Waals surface area (Å²) in [5.74, 6) is -1.12. The van der Waals surface area contributed by atoms with Gasteiger partial charge in [0.25, 0.3) is 0 Å². The van der Waals surface area contributed by atoms with E-state index in [4.69, 9.17) is 4.74 Å². The van der Waals surface area contributed by atoms with E-state index >= 15 is 0 Å². The van der Waals surface area contributed by atoms with Crippen LogP contribution in [0.1, 0.15) is 53.0 Å². The fourth-order valence-corrected chi connectivity index (χ4v) is 3.82. The Hall–Kier alpha value is -2.97. The molecule has 0 bridgehead atoms. The van der Waals surface area contributed by atoms with Gasteiger partial charge in [0.05, 0.1) is 5.69 Å². The normalized spacial score (nSPS) is 19.5. The molecule has 0 spiro atoms. The Morgan fingerprint density at radius 3 is 2.45 bits per heavy atom. The third-order valence-corrected chi connectivity index (χ3v) is 4.73. The highest BCUT2D eigenvalue weighted by Gasteiger charge is 2.59. The van der Waals surface area contributed by atoms with E-state index in [1.165, 1.54) is 6.92 Å². The highest BCUT2D eigenvalue weighted by molar-refractivity contribution is 6.21. The fraction of sp³-hybridized carbons (Fsp3) is 0.550. The Kier molecular flexibility index (Phi) is 6.30. The van der Waals surface area contributed by atoms with Crippen LogP contribution in [0.5, 0.6) is 0 Å². The van der Waals surface area contributed by atoms with E-state index in [1.807, 2.05) is 6.92 Å². The summed E-state index contributed by atoms with van der Waals surface area (Å²) in [6.07, 6.45) is -0.118. The van der Waals surface area contributed by atoms with Crippen LogP contribution in [0.15, 0.2) is 24.3 Å². The molecule has 9 nitrogen and oxygen atoms in total. The topological polar surface area (TPSA) is 119 Å². The van der Waals surface area contributed by atoms with Crippen LogP contribution in [0.2, 0.25) is 0 Å². The molecule has 0 radical (unpaired) electrons. The van der Waals surface area contributed by atoms with Crippen molar-refractivity contribution in [2.24, 2.45) is 0 Å². The number of ether oxygens (including phenoxy) is 1. The molecule has 0 aliphatic carbocycles. The Balaban J connectivity index is 2.68. The first-order valence-corrected chi connectivity index (χ1v) is 9.50. The van der Waals surface area contributed by atoms with Gasteiger partial charge in [-0.3, -0.25) is 19.7 Å². The minimum atomic E-state index is -1.44. The number of nitro groups is 1. The van der Waals surface area contributed by atoms with Crippen LogP contribution in [0.4, 0.5) is 10.5 Å². The van der Waals surface area contributed by atoms with Gasteiger partial charge in [0.1, 0.15) is 17.1 Å². The molecule has 1 aromatic carbocycles. The maximum atomic E-state index is 13.7. The number of amides is 3. The monoisotopic (exact) mass is 405 g/mol. The van der Waals surface area contributed by atoms with Crippen LogP contribution in [0, 0.1) is 10.1 Å². The summed E-state index contributed by atoms with van der Waals surface area (Å²) in [5, 5.41) is 13.9. The van der Waals surface area contributed by atoms with Crippen molar-refractivity contribution >= 4 is 23.6 Å². The van der Waals surface area contributed by atoms with Crippen molar-refractivity contribution in [3.63, 3.8) is 0 Å². The summed E-state index contributed by atoms with van der Waals surface area (Å²) in [7, 11) is 0. The fourth-order valence-electron chi connectivity index (χ4n) is 3.82. The molecule has 9 heteroatoms. The number of carbonyl (C=O) groups is 3. The molecule has 1 heterocycles. The largest absolute Gasteiger partial charge is 0.443 e. The lowest BCUT2D eigenvalue weighted by molar-refractivity contribution is -0.484. The van der Waals surface area contributed by atoms with Crippen molar-refractivity contribution in [2.75, 3.05) is 11.4 Å². The first-order valence-electron chi connectivity index (χ1n) is 9.50. The number of para-hydroxylation sites is 1. The minimum absolute atomic E-state index is 0.223. The molecule has 2 rings (SSSR count). The number of nitrogens with zero attached hydrogens (tertiary/aromatic N) is 2. The lowest BCUT2D eigenvalue weighted by Gasteiger charge is -2.34. The predicted octanol–water partition coefficient (Wildman–Crippen LogP) is 2.79. The van der Waals surface area contributed by atoms with Crippen molar-refractivity contribution in [2.45, 2.75) is 64.5 Å². The van der Waals surface area contributed by atoms with Crippen molar-refractivity contribution in [1.29, 1.82) is 0 Å². The molecule has 3 amide bonds. The van der Waals surface area contributed by atoms with E-state index in [2.05, 4.69) is 5.32 Å². The molecule has 0 fully saturated rings. The van der Waals surface area contributed by atoms with Crippen molar-refractivity contribution in [3.8, 4) is 0 Å². The zero-order valence-corrected chi connectivity index (χ0v) is 17.4. The Morgan fingerprint density at radius 1 is 1.31 bits per heavy atom. The molecule has 0 aromatic heterocycles. The van der Waals surface area contributed by atoms with Crippen LogP contribution in [-0.4, -0.2) is 41.0 Å². The summed E-state index contributed by atoms with van der Waals surface area (Å²) >= 11 is 0. The number of carbonyl (C=O) groups excluding carboxylic acids is 3. The molecule has 1 aromatic rings. The number of hydrogen-bond donors (Lipinski definition) is 1. The molecule has 158 valence electrons. The lowest BCUT2D eigenvalue weighted by Crippen LogP contribution is -2.59. The number of imide groups is 1. The summed E-state index contributed by atoms with van der Waals surface area (Å²) in [5.41, 5.74) is -1.49. The highest BCUT2D eigenvalue weighted by Crippen LogP contribution is 2.47. The third kappa shape index (κ3) is 4.38. The van der Waals surface area contributed by atoms with Gasteiger partial charge >= 0.3 is 6.09 Å². The van der Waals surface area contributed by atoms with Gasteiger partial charge in [-0.05, 0) is 38.8 Å². The second-order valence-corrected chi connectivity index (χ2v) is 8.13. The van der Waals surface area contributed by atoms with Crippen LogP contribution in [0.3, 0.4) is 0 Å². The average molecular weight is 405 g/mol. The van der Waals surface area contributed by atoms with Gasteiger partial charge in [0.2, 0.25) is 18.4 Å². The molecule has 29 heavy (non-hydrogen) atoms. The molecular weight excluding hydrogens is 378 g/mol. The van der Waals surface area contributed by atoms with E-state index in [9.17, 15) is 24.5 Å². The van der Waals surface area contributed by atoms with Crippen molar-refractivity contribution in [1.82, 2.24) is 5.32 Å². The number of fused-ring (bicyclic) bond motifs is 1. The smallest absolute Gasteiger partial charge is 0.421 e. The van der Waals surface area contributed by atoms with Gasteiger partial charge < -0.3 is 10.1 Å².